The van der Waals surface area contributed by atoms with Gasteiger partial charge >= 0.3 is 0 Å². The molecule has 21 heavy (non-hydrogen) atoms. The molecule has 2 rings (SSSR count). The van der Waals surface area contributed by atoms with Crippen LogP contribution in [0.5, 0.6) is 11.5 Å². The van der Waals surface area contributed by atoms with Crippen LogP contribution in [0.15, 0.2) is 30.3 Å². The molecule has 0 spiro atoms. The van der Waals surface area contributed by atoms with Gasteiger partial charge in [0, 0.05) is 12.1 Å². The topological polar surface area (TPSA) is 35.2 Å². The van der Waals surface area contributed by atoms with E-state index in [0.717, 1.165) is 12.0 Å². The van der Waals surface area contributed by atoms with Crippen molar-refractivity contribution in [3.05, 3.63) is 56.5 Å². The van der Waals surface area contributed by atoms with Gasteiger partial charge in [-0.2, -0.15) is 0 Å². The average molecular weight is 345 g/mol. The molecule has 0 radical (unpaired) electrons. The molecule has 0 amide bonds. The van der Waals surface area contributed by atoms with Gasteiger partial charge in [0.2, 0.25) is 0 Å². The molecule has 0 bridgehead atoms. The highest BCUT2D eigenvalue weighted by Gasteiger charge is 2.09. The second-order valence-electron chi connectivity index (χ2n) is 5.07. The van der Waals surface area contributed by atoms with Crippen molar-refractivity contribution in [2.45, 2.75) is 26.3 Å². The fourth-order valence-corrected chi connectivity index (χ4v) is 2.59. The van der Waals surface area contributed by atoms with Gasteiger partial charge in [-0.15, -0.1) is 0 Å². The lowest BCUT2D eigenvalue weighted by molar-refractivity contribution is 0.482. The van der Waals surface area contributed by atoms with Gasteiger partial charge in [-0.05, 0) is 49.6 Å². The van der Waals surface area contributed by atoms with Crippen molar-refractivity contribution in [2.75, 3.05) is 0 Å². The van der Waals surface area contributed by atoms with E-state index < -0.39 is 0 Å². The summed E-state index contributed by atoms with van der Waals surface area (Å²) in [5.74, 6) is 1.17. The number of hydrogen-bond acceptors (Lipinski definition) is 2. The molecule has 1 atom stereocenters. The summed E-state index contributed by atoms with van der Waals surface area (Å²) in [5, 5.41) is 1.22. The molecule has 0 aliphatic rings. The molecule has 0 saturated heterocycles. The van der Waals surface area contributed by atoms with Crippen LogP contribution in [0.1, 0.15) is 18.1 Å². The number of hydrogen-bond donors (Lipinski definition) is 1. The summed E-state index contributed by atoms with van der Waals surface area (Å²) in [6, 6.07) is 9.16. The van der Waals surface area contributed by atoms with Gasteiger partial charge < -0.3 is 10.5 Å². The molecule has 0 aromatic heterocycles. The van der Waals surface area contributed by atoms with E-state index in [-0.39, 0.29) is 6.04 Å². The zero-order valence-electron chi connectivity index (χ0n) is 11.8. The van der Waals surface area contributed by atoms with Crippen molar-refractivity contribution in [1.82, 2.24) is 0 Å². The van der Waals surface area contributed by atoms with Crippen LogP contribution in [0, 0.1) is 6.92 Å². The minimum Gasteiger partial charge on any atom is -0.456 e. The van der Waals surface area contributed by atoms with Gasteiger partial charge in [-0.1, -0.05) is 40.9 Å². The van der Waals surface area contributed by atoms with Gasteiger partial charge in [0.05, 0.1) is 15.1 Å². The average Bonchev–Trinajstić information content (AvgIpc) is 2.39. The number of rotatable bonds is 4. The van der Waals surface area contributed by atoms with Crippen LogP contribution < -0.4 is 10.5 Å². The third-order valence-corrected chi connectivity index (χ3v) is 4.08. The summed E-state index contributed by atoms with van der Waals surface area (Å²) in [6.45, 7) is 4.01. The third kappa shape index (κ3) is 4.27. The number of aryl methyl sites for hydroxylation is 1. The molecule has 1 unspecified atom stereocenters. The van der Waals surface area contributed by atoms with E-state index in [2.05, 4.69) is 0 Å². The first-order valence-electron chi connectivity index (χ1n) is 6.54. The van der Waals surface area contributed by atoms with E-state index in [1.54, 1.807) is 12.1 Å². The lowest BCUT2D eigenvalue weighted by Gasteiger charge is -2.13. The molecule has 0 aliphatic heterocycles. The van der Waals surface area contributed by atoms with Gasteiger partial charge in [0.25, 0.3) is 0 Å². The van der Waals surface area contributed by atoms with Crippen molar-refractivity contribution < 1.29 is 4.74 Å². The maximum atomic E-state index is 6.11. The molecule has 2 aromatic rings. The predicted octanol–water partition coefficient (Wildman–Crippen LogP) is 5.64. The van der Waals surface area contributed by atoms with Crippen molar-refractivity contribution in [1.29, 1.82) is 0 Å². The van der Waals surface area contributed by atoms with Gasteiger partial charge in [0.1, 0.15) is 11.5 Å². The maximum Gasteiger partial charge on any atom is 0.147 e. The van der Waals surface area contributed by atoms with Gasteiger partial charge in [-0.25, -0.2) is 0 Å². The summed E-state index contributed by atoms with van der Waals surface area (Å²) in [5.41, 5.74) is 8.16. The Morgan fingerprint density at radius 1 is 1.05 bits per heavy atom. The zero-order valence-corrected chi connectivity index (χ0v) is 14.1. The molecular formula is C16H16Cl3NO. The maximum absolute atomic E-state index is 6.11. The second-order valence-corrected chi connectivity index (χ2v) is 6.29. The highest BCUT2D eigenvalue weighted by Crippen LogP contribution is 2.36. The van der Waals surface area contributed by atoms with Crippen molar-refractivity contribution in [3.63, 3.8) is 0 Å². The standard InChI is InChI=1S/C16H16Cl3NO/c1-9-5-12(4-3-11(9)6-10(2)20)21-16-8-14(18)13(17)7-15(16)19/h3-5,7-8,10H,6,20H2,1-2H3. The molecule has 0 fully saturated rings. The number of halogens is 3. The minimum absolute atomic E-state index is 0.125. The number of ether oxygens (including phenoxy) is 1. The molecule has 112 valence electrons. The summed E-state index contributed by atoms with van der Waals surface area (Å²) >= 11 is 18.0. The second kappa shape index (κ2) is 6.89. The molecule has 2 aromatic carbocycles. The normalized spacial score (nSPS) is 12.3. The monoisotopic (exact) mass is 343 g/mol. The molecule has 0 heterocycles. The van der Waals surface area contributed by atoms with Gasteiger partial charge in [0.15, 0.2) is 0 Å². The lowest BCUT2D eigenvalue weighted by atomic mass is 10.0. The van der Waals surface area contributed by atoms with E-state index in [4.69, 9.17) is 45.3 Å². The van der Waals surface area contributed by atoms with Crippen LogP contribution in [0.2, 0.25) is 15.1 Å². The third-order valence-electron chi connectivity index (χ3n) is 3.06. The van der Waals surface area contributed by atoms with E-state index in [0.29, 0.717) is 26.6 Å². The minimum atomic E-state index is 0.125. The smallest absolute Gasteiger partial charge is 0.147 e. The van der Waals surface area contributed by atoms with Crippen molar-refractivity contribution in [2.24, 2.45) is 5.73 Å². The van der Waals surface area contributed by atoms with Crippen molar-refractivity contribution in [3.8, 4) is 11.5 Å². The molecule has 0 saturated carbocycles. The van der Waals surface area contributed by atoms with Crippen LogP contribution in [-0.2, 0) is 6.42 Å². The van der Waals surface area contributed by atoms with E-state index in [9.17, 15) is 0 Å². The van der Waals surface area contributed by atoms with Crippen LogP contribution in [0.25, 0.3) is 0 Å². The van der Waals surface area contributed by atoms with Crippen LogP contribution in [0.3, 0.4) is 0 Å². The fourth-order valence-electron chi connectivity index (χ4n) is 2.02. The molecular weight excluding hydrogens is 329 g/mol. The van der Waals surface area contributed by atoms with Crippen molar-refractivity contribution >= 4 is 34.8 Å². The first-order valence-corrected chi connectivity index (χ1v) is 7.67. The zero-order chi connectivity index (χ0) is 15.6. The molecule has 2 nitrogen and oxygen atoms in total. The first kappa shape index (κ1) is 16.4. The van der Waals surface area contributed by atoms with E-state index in [1.165, 1.54) is 5.56 Å². The fraction of sp³-hybridized carbons (Fsp3) is 0.250. The Morgan fingerprint density at radius 2 is 1.71 bits per heavy atom. The Kier molecular flexibility index (Phi) is 5.39. The molecule has 0 aliphatic carbocycles. The summed E-state index contributed by atoms with van der Waals surface area (Å²) in [7, 11) is 0. The summed E-state index contributed by atoms with van der Waals surface area (Å²) in [4.78, 5) is 0. The van der Waals surface area contributed by atoms with Crippen LogP contribution >= 0.6 is 34.8 Å². The van der Waals surface area contributed by atoms with Gasteiger partial charge in [-0.3, -0.25) is 0 Å². The Labute approximate surface area is 139 Å². The lowest BCUT2D eigenvalue weighted by Crippen LogP contribution is -2.18. The molecule has 2 N–H and O–H groups in total. The summed E-state index contributed by atoms with van der Waals surface area (Å²) in [6.07, 6.45) is 0.833. The Hall–Kier alpha value is -0.930. The van der Waals surface area contributed by atoms with E-state index in [1.807, 2.05) is 32.0 Å². The highest BCUT2D eigenvalue weighted by atomic mass is 35.5. The Balaban J connectivity index is 2.24. The Morgan fingerprint density at radius 3 is 2.33 bits per heavy atom. The largest absolute Gasteiger partial charge is 0.456 e. The van der Waals surface area contributed by atoms with Crippen LogP contribution in [0.4, 0.5) is 0 Å². The number of nitrogens with two attached hydrogens (primary N) is 1. The summed E-state index contributed by atoms with van der Waals surface area (Å²) < 4.78 is 5.78. The molecule has 5 heteroatoms. The highest BCUT2D eigenvalue weighted by molar-refractivity contribution is 6.43. The first-order chi connectivity index (χ1) is 9.86. The SMILES string of the molecule is Cc1cc(Oc2cc(Cl)c(Cl)cc2Cl)ccc1CC(C)N. The van der Waals surface area contributed by atoms with E-state index >= 15 is 0 Å². The van der Waals surface area contributed by atoms with Crippen LogP contribution in [-0.4, -0.2) is 6.04 Å². The quantitative estimate of drug-likeness (QED) is 0.729. The predicted molar refractivity (Wildman–Crippen MR) is 90.1 cm³/mol. The Bertz CT molecular complexity index is 656. The number of benzene rings is 2.